The van der Waals surface area contributed by atoms with E-state index in [0.29, 0.717) is 19.4 Å². The topological polar surface area (TPSA) is 43.9 Å². The fraction of sp³-hybridized carbons (Fsp3) is 0.529. The molecule has 3 rings (SSSR count). The zero-order chi connectivity index (χ0) is 16.2. The van der Waals surface area contributed by atoms with Gasteiger partial charge >= 0.3 is 0 Å². The monoisotopic (exact) mass is 371 g/mol. The second-order valence-electron chi connectivity index (χ2n) is 6.10. The van der Waals surface area contributed by atoms with E-state index >= 15 is 0 Å². The van der Waals surface area contributed by atoms with Crippen molar-refractivity contribution in [3.05, 3.63) is 29.3 Å². The number of anilines is 1. The Hall–Kier alpha value is -1.30. The summed E-state index contributed by atoms with van der Waals surface area (Å²) in [6.45, 7) is 5.43. The fourth-order valence-electron chi connectivity index (χ4n) is 3.23. The SMILES string of the molecule is Cl.O=C1CCC(=O)N1CCCN1CCN(c2cccc(Cl)c2)CC1. The number of halogens is 2. The number of likely N-dealkylation sites (tertiary alicyclic amines) is 1. The first kappa shape index (κ1) is 19.0. The number of carbonyl (C=O) groups excluding carboxylic acids is 2. The number of hydrogen-bond donors (Lipinski definition) is 0. The van der Waals surface area contributed by atoms with Crippen LogP contribution in [0, 0.1) is 0 Å². The molecule has 0 unspecified atom stereocenters. The highest BCUT2D eigenvalue weighted by Gasteiger charge is 2.28. The number of nitrogens with zero attached hydrogens (tertiary/aromatic N) is 3. The van der Waals surface area contributed by atoms with Gasteiger partial charge in [-0.15, -0.1) is 12.4 Å². The van der Waals surface area contributed by atoms with Crippen LogP contribution in [0.4, 0.5) is 5.69 Å². The highest BCUT2D eigenvalue weighted by Crippen LogP contribution is 2.21. The highest BCUT2D eigenvalue weighted by atomic mass is 35.5. The molecule has 1 aromatic rings. The maximum absolute atomic E-state index is 11.6. The molecule has 2 saturated heterocycles. The number of amides is 2. The maximum atomic E-state index is 11.6. The standard InChI is InChI=1S/C17H22ClN3O2.ClH/c18-14-3-1-4-15(13-14)20-11-9-19(10-12-20)7-2-8-21-16(22)5-6-17(21)23;/h1,3-4,13H,2,5-12H2;1H. The van der Waals surface area contributed by atoms with Crippen molar-refractivity contribution in [3.63, 3.8) is 0 Å². The molecule has 0 bridgehead atoms. The van der Waals surface area contributed by atoms with Gasteiger partial charge in [-0.2, -0.15) is 0 Å². The summed E-state index contributed by atoms with van der Waals surface area (Å²) in [4.78, 5) is 29.3. The van der Waals surface area contributed by atoms with Crippen LogP contribution in [0.15, 0.2) is 24.3 Å². The molecule has 0 atom stereocenters. The second kappa shape index (κ2) is 8.70. The molecule has 0 N–H and O–H groups in total. The van der Waals surface area contributed by atoms with Gasteiger partial charge in [-0.25, -0.2) is 0 Å². The molecule has 7 heteroatoms. The molecule has 132 valence electrons. The zero-order valence-electron chi connectivity index (χ0n) is 13.6. The van der Waals surface area contributed by atoms with Crippen molar-refractivity contribution in [2.24, 2.45) is 0 Å². The Kier molecular flexibility index (Phi) is 6.90. The maximum Gasteiger partial charge on any atom is 0.229 e. The van der Waals surface area contributed by atoms with Gasteiger partial charge in [0.15, 0.2) is 0 Å². The van der Waals surface area contributed by atoms with Crippen molar-refractivity contribution in [1.29, 1.82) is 0 Å². The third-order valence-electron chi connectivity index (χ3n) is 4.56. The van der Waals surface area contributed by atoms with E-state index in [2.05, 4.69) is 15.9 Å². The summed E-state index contributed by atoms with van der Waals surface area (Å²) >= 11 is 6.05. The molecular weight excluding hydrogens is 349 g/mol. The Labute approximate surface area is 153 Å². The van der Waals surface area contributed by atoms with Crippen LogP contribution in [0.5, 0.6) is 0 Å². The minimum absolute atomic E-state index is 0. The molecule has 1 aromatic carbocycles. The van der Waals surface area contributed by atoms with Gasteiger partial charge in [0.05, 0.1) is 0 Å². The van der Waals surface area contributed by atoms with Crippen molar-refractivity contribution < 1.29 is 9.59 Å². The van der Waals surface area contributed by atoms with Gasteiger partial charge in [-0.1, -0.05) is 17.7 Å². The van der Waals surface area contributed by atoms with E-state index < -0.39 is 0 Å². The molecule has 2 aliphatic heterocycles. The van der Waals surface area contributed by atoms with Crippen molar-refractivity contribution in [3.8, 4) is 0 Å². The van der Waals surface area contributed by atoms with Gasteiger partial charge in [0.1, 0.15) is 0 Å². The van der Waals surface area contributed by atoms with E-state index in [4.69, 9.17) is 11.6 Å². The number of rotatable bonds is 5. The predicted molar refractivity (Wildman–Crippen MR) is 97.9 cm³/mol. The van der Waals surface area contributed by atoms with Gasteiger partial charge in [-0.3, -0.25) is 19.4 Å². The van der Waals surface area contributed by atoms with Crippen LogP contribution < -0.4 is 4.90 Å². The fourth-order valence-corrected chi connectivity index (χ4v) is 3.41. The minimum Gasteiger partial charge on any atom is -0.369 e. The highest BCUT2D eigenvalue weighted by molar-refractivity contribution is 6.30. The first-order chi connectivity index (χ1) is 11.1. The lowest BCUT2D eigenvalue weighted by molar-refractivity contribution is -0.138. The van der Waals surface area contributed by atoms with E-state index in [1.807, 2.05) is 18.2 Å². The Bertz CT molecular complexity index is 573. The van der Waals surface area contributed by atoms with Crippen LogP contribution in [0.1, 0.15) is 19.3 Å². The molecule has 2 fully saturated rings. The van der Waals surface area contributed by atoms with Crippen molar-refractivity contribution >= 4 is 41.5 Å². The third kappa shape index (κ3) is 4.62. The van der Waals surface area contributed by atoms with E-state index in [-0.39, 0.29) is 24.2 Å². The average molecular weight is 372 g/mol. The van der Waals surface area contributed by atoms with Crippen molar-refractivity contribution in [2.45, 2.75) is 19.3 Å². The quantitative estimate of drug-likeness (QED) is 0.745. The Morgan fingerprint density at radius 3 is 2.25 bits per heavy atom. The number of carbonyl (C=O) groups is 2. The summed E-state index contributed by atoms with van der Waals surface area (Å²) in [6, 6.07) is 7.96. The van der Waals surface area contributed by atoms with Gasteiger partial charge in [-0.05, 0) is 31.2 Å². The molecule has 24 heavy (non-hydrogen) atoms. The molecule has 2 heterocycles. The smallest absolute Gasteiger partial charge is 0.229 e. The van der Waals surface area contributed by atoms with Crippen LogP contribution in [-0.4, -0.2) is 60.9 Å². The summed E-state index contributed by atoms with van der Waals surface area (Å²) in [5.41, 5.74) is 1.17. The van der Waals surface area contributed by atoms with Crippen LogP contribution in [-0.2, 0) is 9.59 Å². The van der Waals surface area contributed by atoms with Crippen LogP contribution in [0.2, 0.25) is 5.02 Å². The normalized spacial score (nSPS) is 18.9. The summed E-state index contributed by atoms with van der Waals surface area (Å²) in [6.07, 6.45) is 1.63. The van der Waals surface area contributed by atoms with Crippen molar-refractivity contribution in [1.82, 2.24) is 9.80 Å². The van der Waals surface area contributed by atoms with Crippen LogP contribution in [0.25, 0.3) is 0 Å². The lowest BCUT2D eigenvalue weighted by Crippen LogP contribution is -2.47. The number of imide groups is 1. The number of benzene rings is 1. The molecule has 0 aliphatic carbocycles. The molecule has 0 saturated carbocycles. The van der Waals surface area contributed by atoms with Gasteiger partial charge in [0, 0.05) is 56.3 Å². The summed E-state index contributed by atoms with van der Waals surface area (Å²) < 4.78 is 0. The Balaban J connectivity index is 0.00000208. The first-order valence-electron chi connectivity index (χ1n) is 8.19. The molecular formula is C17H23Cl2N3O2. The molecule has 0 aromatic heterocycles. The van der Waals surface area contributed by atoms with Gasteiger partial charge in [0.25, 0.3) is 0 Å². The van der Waals surface area contributed by atoms with Crippen LogP contribution in [0.3, 0.4) is 0 Å². The lowest BCUT2D eigenvalue weighted by atomic mass is 10.2. The third-order valence-corrected chi connectivity index (χ3v) is 4.79. The summed E-state index contributed by atoms with van der Waals surface area (Å²) in [5.74, 6) is -0.0263. The van der Waals surface area contributed by atoms with Crippen molar-refractivity contribution in [2.75, 3.05) is 44.2 Å². The minimum atomic E-state index is -0.0132. The van der Waals surface area contributed by atoms with Crippen LogP contribution >= 0.6 is 24.0 Å². The largest absolute Gasteiger partial charge is 0.369 e. The number of piperazine rings is 1. The van der Waals surface area contributed by atoms with E-state index in [1.54, 1.807) is 0 Å². The Morgan fingerprint density at radius 2 is 1.62 bits per heavy atom. The summed E-state index contributed by atoms with van der Waals surface area (Å²) in [7, 11) is 0. The molecule has 2 aliphatic rings. The lowest BCUT2D eigenvalue weighted by Gasteiger charge is -2.36. The predicted octanol–water partition coefficient (Wildman–Crippen LogP) is 2.42. The molecule has 5 nitrogen and oxygen atoms in total. The van der Waals surface area contributed by atoms with E-state index in [0.717, 1.165) is 44.2 Å². The zero-order valence-corrected chi connectivity index (χ0v) is 15.2. The van der Waals surface area contributed by atoms with Gasteiger partial charge in [0.2, 0.25) is 11.8 Å². The summed E-state index contributed by atoms with van der Waals surface area (Å²) in [5, 5.41) is 0.768. The average Bonchev–Trinajstić information content (AvgIpc) is 2.87. The Morgan fingerprint density at radius 1 is 0.958 bits per heavy atom. The molecule has 2 amide bonds. The van der Waals surface area contributed by atoms with E-state index in [1.165, 1.54) is 10.6 Å². The van der Waals surface area contributed by atoms with E-state index in [9.17, 15) is 9.59 Å². The van der Waals surface area contributed by atoms with Gasteiger partial charge < -0.3 is 4.90 Å². The second-order valence-corrected chi connectivity index (χ2v) is 6.54. The molecule has 0 radical (unpaired) electrons. The molecule has 0 spiro atoms. The first-order valence-corrected chi connectivity index (χ1v) is 8.57. The number of hydrogen-bond acceptors (Lipinski definition) is 4.